The molecule has 1 aromatic carbocycles. The number of nitrogens with zero attached hydrogens (tertiary/aromatic N) is 2. The fourth-order valence-corrected chi connectivity index (χ4v) is 2.81. The third-order valence-corrected chi connectivity index (χ3v) is 3.70. The Balaban J connectivity index is 2.26. The van der Waals surface area contributed by atoms with Gasteiger partial charge in [0.25, 0.3) is 0 Å². The highest BCUT2D eigenvalue weighted by atomic mass is 32.1. The molecule has 0 fully saturated rings. The molecule has 0 N–H and O–H groups in total. The molecule has 0 bridgehead atoms. The van der Waals surface area contributed by atoms with Gasteiger partial charge < -0.3 is 4.74 Å². The number of carbonyl (C=O) groups is 1. The third kappa shape index (κ3) is 1.92. The van der Waals surface area contributed by atoms with Gasteiger partial charge >= 0.3 is 0 Å². The Bertz CT molecular complexity index is 758. The summed E-state index contributed by atoms with van der Waals surface area (Å²) in [5.41, 5.74) is 2.21. The fourth-order valence-electron chi connectivity index (χ4n) is 2.09. The Labute approximate surface area is 114 Å². The number of ketones is 1. The molecule has 2 heterocycles. The van der Waals surface area contributed by atoms with E-state index in [1.54, 1.807) is 14.0 Å². The number of Topliss-reactive ketones (excluding diaryl/α,β-unsaturated/α-hetero) is 1. The summed E-state index contributed by atoms with van der Waals surface area (Å²) in [6, 6.07) is 7.58. The summed E-state index contributed by atoms with van der Waals surface area (Å²) in [6.07, 6.45) is 1.87. The molecule has 0 amide bonds. The number of thiazole rings is 1. The largest absolute Gasteiger partial charge is 0.497 e. The van der Waals surface area contributed by atoms with Crippen LogP contribution in [0.2, 0.25) is 0 Å². The van der Waals surface area contributed by atoms with E-state index in [-0.39, 0.29) is 5.78 Å². The first kappa shape index (κ1) is 11.9. The van der Waals surface area contributed by atoms with Gasteiger partial charge in [-0.2, -0.15) is 0 Å². The number of hydrogen-bond acceptors (Lipinski definition) is 4. The van der Waals surface area contributed by atoms with Crippen LogP contribution in [0.4, 0.5) is 0 Å². The molecule has 3 rings (SSSR count). The lowest BCUT2D eigenvalue weighted by Crippen LogP contribution is -1.99. The van der Waals surface area contributed by atoms with Crippen molar-refractivity contribution in [2.75, 3.05) is 7.11 Å². The first-order chi connectivity index (χ1) is 9.20. The molecule has 0 saturated carbocycles. The molecule has 4 nitrogen and oxygen atoms in total. The Kier molecular flexibility index (Phi) is 2.83. The third-order valence-electron chi connectivity index (χ3n) is 2.94. The molecule has 19 heavy (non-hydrogen) atoms. The van der Waals surface area contributed by atoms with Gasteiger partial charge in [-0.25, -0.2) is 4.98 Å². The number of hydrogen-bond donors (Lipinski definition) is 0. The Morgan fingerprint density at radius 1 is 1.42 bits per heavy atom. The van der Waals surface area contributed by atoms with Crippen LogP contribution in [-0.2, 0) is 0 Å². The maximum Gasteiger partial charge on any atom is 0.194 e. The highest BCUT2D eigenvalue weighted by Crippen LogP contribution is 2.29. The Hall–Kier alpha value is -2.14. The quantitative estimate of drug-likeness (QED) is 0.687. The second-order valence-electron chi connectivity index (χ2n) is 4.15. The predicted octanol–water partition coefficient (Wildman–Crippen LogP) is 3.27. The summed E-state index contributed by atoms with van der Waals surface area (Å²) in [5.74, 6) is 0.757. The lowest BCUT2D eigenvalue weighted by molar-refractivity contribution is 0.101. The van der Waals surface area contributed by atoms with Gasteiger partial charge in [0.1, 0.15) is 17.1 Å². The molecule has 0 spiro atoms. The summed E-state index contributed by atoms with van der Waals surface area (Å²) in [4.78, 5) is 17.2. The summed E-state index contributed by atoms with van der Waals surface area (Å²) in [5, 5.41) is 1.92. The Morgan fingerprint density at radius 3 is 3.00 bits per heavy atom. The lowest BCUT2D eigenvalue weighted by Gasteiger charge is -2.03. The van der Waals surface area contributed by atoms with E-state index >= 15 is 0 Å². The Morgan fingerprint density at radius 2 is 2.26 bits per heavy atom. The maximum absolute atomic E-state index is 11.9. The van der Waals surface area contributed by atoms with Crippen molar-refractivity contribution in [2.24, 2.45) is 0 Å². The number of fused-ring (bicyclic) bond motifs is 1. The van der Waals surface area contributed by atoms with E-state index in [1.165, 1.54) is 11.3 Å². The minimum Gasteiger partial charge on any atom is -0.497 e. The number of ether oxygens (including phenoxy) is 1. The number of rotatable bonds is 3. The molecule has 0 unspecified atom stereocenters. The van der Waals surface area contributed by atoms with Crippen molar-refractivity contribution in [1.82, 2.24) is 9.38 Å². The zero-order valence-corrected chi connectivity index (χ0v) is 11.4. The maximum atomic E-state index is 11.9. The van der Waals surface area contributed by atoms with Crippen molar-refractivity contribution < 1.29 is 9.53 Å². The lowest BCUT2D eigenvalue weighted by atomic mass is 10.1. The SMILES string of the molecule is COc1cccc(-c2nc3sccn3c2C(C)=O)c1. The van der Waals surface area contributed by atoms with Gasteiger partial charge in [0, 0.05) is 24.1 Å². The molecular weight excluding hydrogens is 260 g/mol. The number of carbonyl (C=O) groups excluding carboxylic acids is 1. The van der Waals surface area contributed by atoms with Crippen LogP contribution in [0, 0.1) is 0 Å². The monoisotopic (exact) mass is 272 g/mol. The average Bonchev–Trinajstić information content (AvgIpc) is 2.98. The average molecular weight is 272 g/mol. The van der Waals surface area contributed by atoms with Crippen LogP contribution >= 0.6 is 11.3 Å². The normalized spacial score (nSPS) is 10.8. The zero-order chi connectivity index (χ0) is 13.4. The number of imidazole rings is 1. The van der Waals surface area contributed by atoms with E-state index in [2.05, 4.69) is 4.98 Å². The van der Waals surface area contributed by atoms with Crippen LogP contribution in [0.3, 0.4) is 0 Å². The molecule has 0 radical (unpaired) electrons. The molecular formula is C14H12N2O2S. The second-order valence-corrected chi connectivity index (χ2v) is 5.03. The molecule has 96 valence electrons. The van der Waals surface area contributed by atoms with Crippen molar-refractivity contribution in [2.45, 2.75) is 6.92 Å². The summed E-state index contributed by atoms with van der Waals surface area (Å²) in [7, 11) is 1.62. The summed E-state index contributed by atoms with van der Waals surface area (Å²) in [6.45, 7) is 1.56. The van der Waals surface area contributed by atoms with Crippen LogP contribution in [0.1, 0.15) is 17.4 Å². The fraction of sp³-hybridized carbons (Fsp3) is 0.143. The van der Waals surface area contributed by atoms with E-state index in [1.807, 2.05) is 40.2 Å². The van der Waals surface area contributed by atoms with Gasteiger partial charge in [0.05, 0.1) is 7.11 Å². The first-order valence-electron chi connectivity index (χ1n) is 5.81. The molecule has 3 aromatic rings. The van der Waals surface area contributed by atoms with Gasteiger partial charge in [-0.05, 0) is 12.1 Å². The predicted molar refractivity (Wildman–Crippen MR) is 75.1 cm³/mol. The van der Waals surface area contributed by atoms with Crippen LogP contribution < -0.4 is 4.74 Å². The number of aromatic nitrogens is 2. The van der Waals surface area contributed by atoms with E-state index in [4.69, 9.17) is 4.74 Å². The summed E-state index contributed by atoms with van der Waals surface area (Å²) < 4.78 is 7.05. The van der Waals surface area contributed by atoms with Crippen molar-refractivity contribution in [3.05, 3.63) is 41.5 Å². The van der Waals surface area contributed by atoms with E-state index < -0.39 is 0 Å². The van der Waals surface area contributed by atoms with E-state index in [0.717, 1.165) is 16.3 Å². The van der Waals surface area contributed by atoms with E-state index in [0.29, 0.717) is 11.4 Å². The number of methoxy groups -OCH3 is 1. The summed E-state index contributed by atoms with van der Waals surface area (Å²) >= 11 is 1.51. The first-order valence-corrected chi connectivity index (χ1v) is 6.69. The molecule has 0 atom stereocenters. The molecule has 0 aliphatic heterocycles. The molecule has 0 saturated heterocycles. The standard InChI is InChI=1S/C14H12N2O2S/c1-9(17)13-12(15-14-16(13)6-7-19-14)10-4-3-5-11(8-10)18-2/h3-8H,1-2H3. The smallest absolute Gasteiger partial charge is 0.194 e. The molecule has 0 aliphatic carbocycles. The molecule has 5 heteroatoms. The van der Waals surface area contributed by atoms with E-state index in [9.17, 15) is 4.79 Å². The van der Waals surface area contributed by atoms with Crippen LogP contribution in [0.25, 0.3) is 16.2 Å². The van der Waals surface area contributed by atoms with Crippen LogP contribution in [0.5, 0.6) is 5.75 Å². The van der Waals surface area contributed by atoms with Crippen molar-refractivity contribution >= 4 is 22.1 Å². The highest BCUT2D eigenvalue weighted by molar-refractivity contribution is 7.15. The molecule has 0 aliphatic rings. The topological polar surface area (TPSA) is 43.6 Å². The second kappa shape index (κ2) is 4.51. The van der Waals surface area contributed by atoms with Gasteiger partial charge in [0.15, 0.2) is 10.7 Å². The van der Waals surface area contributed by atoms with Crippen molar-refractivity contribution in [1.29, 1.82) is 0 Å². The molecule has 2 aromatic heterocycles. The van der Waals surface area contributed by atoms with Gasteiger partial charge in [-0.15, -0.1) is 11.3 Å². The van der Waals surface area contributed by atoms with Crippen molar-refractivity contribution in [3.63, 3.8) is 0 Å². The zero-order valence-electron chi connectivity index (χ0n) is 10.6. The van der Waals surface area contributed by atoms with Crippen LogP contribution in [-0.4, -0.2) is 22.3 Å². The minimum absolute atomic E-state index is 0.00344. The minimum atomic E-state index is 0.00344. The van der Waals surface area contributed by atoms with Crippen LogP contribution in [0.15, 0.2) is 35.8 Å². The number of benzene rings is 1. The van der Waals surface area contributed by atoms with Gasteiger partial charge in [-0.1, -0.05) is 12.1 Å². The van der Waals surface area contributed by atoms with Gasteiger partial charge in [-0.3, -0.25) is 9.20 Å². The van der Waals surface area contributed by atoms with Gasteiger partial charge in [0.2, 0.25) is 0 Å². The highest BCUT2D eigenvalue weighted by Gasteiger charge is 2.18. The van der Waals surface area contributed by atoms with Crippen molar-refractivity contribution in [3.8, 4) is 17.0 Å².